The molecule has 0 unspecified atom stereocenters. The molecule has 0 spiro atoms. The number of hydrogen-bond acceptors (Lipinski definition) is 7. The number of rotatable bonds is 5. The summed E-state index contributed by atoms with van der Waals surface area (Å²) in [5, 5.41) is 2.69. The minimum atomic E-state index is -0.599. The first-order valence-electron chi connectivity index (χ1n) is 9.57. The van der Waals surface area contributed by atoms with E-state index in [-0.39, 0.29) is 19.3 Å². The van der Waals surface area contributed by atoms with E-state index in [0.29, 0.717) is 34.7 Å². The molecule has 8 nitrogen and oxygen atoms in total. The fourth-order valence-electron chi connectivity index (χ4n) is 3.01. The maximum Gasteiger partial charge on any atom is 0.338 e. The lowest BCUT2D eigenvalue weighted by Crippen LogP contribution is -2.42. The van der Waals surface area contributed by atoms with Crippen molar-refractivity contribution in [2.75, 3.05) is 19.8 Å². The Morgan fingerprint density at radius 1 is 1.07 bits per heavy atom. The van der Waals surface area contributed by atoms with Gasteiger partial charge in [-0.25, -0.2) is 14.8 Å². The standard InChI is InChI=1S/C22H21N3O5/c1-13-14(2)25-18-9-15(7-8-17(18)24-13)22(27)29-12-21(26)23-10-16-11-28-19-5-3-4-6-20(19)30-16/h3-9,16H,10-12H2,1-2H3,(H,23,26)/t16-/m0/s1. The molecule has 1 aliphatic rings. The van der Waals surface area contributed by atoms with Crippen LogP contribution < -0.4 is 14.8 Å². The SMILES string of the molecule is Cc1nc2ccc(C(=O)OCC(=O)NC[C@H]3COc4ccccc4O3)cc2nc1C. The zero-order valence-electron chi connectivity index (χ0n) is 16.7. The maximum atomic E-state index is 12.3. The van der Waals surface area contributed by atoms with Crippen molar-refractivity contribution < 1.29 is 23.8 Å². The van der Waals surface area contributed by atoms with Crippen LogP contribution in [0.4, 0.5) is 0 Å². The van der Waals surface area contributed by atoms with Crippen LogP contribution in [0.25, 0.3) is 11.0 Å². The van der Waals surface area contributed by atoms with E-state index < -0.39 is 11.9 Å². The molecule has 1 aliphatic heterocycles. The Hall–Kier alpha value is -3.68. The number of nitrogens with zero attached hydrogens (tertiary/aromatic N) is 2. The second-order valence-corrected chi connectivity index (χ2v) is 6.98. The normalized spacial score (nSPS) is 14.9. The topological polar surface area (TPSA) is 99.6 Å². The number of amides is 1. The molecule has 0 bridgehead atoms. The lowest BCUT2D eigenvalue weighted by Gasteiger charge is -2.26. The maximum absolute atomic E-state index is 12.3. The Labute approximate surface area is 173 Å². The average molecular weight is 407 g/mol. The highest BCUT2D eigenvalue weighted by molar-refractivity contribution is 5.94. The molecule has 0 radical (unpaired) electrons. The average Bonchev–Trinajstić information content (AvgIpc) is 2.76. The van der Waals surface area contributed by atoms with E-state index >= 15 is 0 Å². The fraction of sp³-hybridized carbons (Fsp3) is 0.273. The van der Waals surface area contributed by atoms with Gasteiger partial charge in [-0.3, -0.25) is 4.79 Å². The molecule has 3 aromatic rings. The molecular weight excluding hydrogens is 386 g/mol. The van der Waals surface area contributed by atoms with E-state index in [0.717, 1.165) is 11.4 Å². The summed E-state index contributed by atoms with van der Waals surface area (Å²) in [6, 6.07) is 12.3. The summed E-state index contributed by atoms with van der Waals surface area (Å²) in [7, 11) is 0. The van der Waals surface area contributed by atoms with Crippen molar-refractivity contribution in [1.29, 1.82) is 0 Å². The zero-order valence-corrected chi connectivity index (χ0v) is 16.7. The monoisotopic (exact) mass is 407 g/mol. The number of ether oxygens (including phenoxy) is 3. The van der Waals surface area contributed by atoms with Crippen molar-refractivity contribution >= 4 is 22.9 Å². The van der Waals surface area contributed by atoms with Gasteiger partial charge in [0.05, 0.1) is 34.5 Å². The van der Waals surface area contributed by atoms with Gasteiger partial charge in [0.25, 0.3) is 5.91 Å². The number of aromatic nitrogens is 2. The third kappa shape index (κ3) is 4.32. The molecule has 8 heteroatoms. The van der Waals surface area contributed by atoms with Crippen LogP contribution in [0.15, 0.2) is 42.5 Å². The molecule has 1 N–H and O–H groups in total. The van der Waals surface area contributed by atoms with E-state index in [4.69, 9.17) is 14.2 Å². The summed E-state index contributed by atoms with van der Waals surface area (Å²) < 4.78 is 16.5. The zero-order chi connectivity index (χ0) is 21.1. The first kappa shape index (κ1) is 19.6. The second-order valence-electron chi connectivity index (χ2n) is 6.98. The smallest absolute Gasteiger partial charge is 0.338 e. The third-order valence-corrected chi connectivity index (χ3v) is 4.74. The Kier molecular flexibility index (Phi) is 5.47. The van der Waals surface area contributed by atoms with Crippen molar-refractivity contribution in [3.63, 3.8) is 0 Å². The number of para-hydroxylation sites is 2. The highest BCUT2D eigenvalue weighted by atomic mass is 16.6. The number of hydrogen-bond donors (Lipinski definition) is 1. The molecular formula is C22H21N3O5. The first-order chi connectivity index (χ1) is 14.5. The van der Waals surface area contributed by atoms with E-state index in [1.165, 1.54) is 0 Å². The van der Waals surface area contributed by atoms with Crippen LogP contribution in [0.2, 0.25) is 0 Å². The quantitative estimate of drug-likeness (QED) is 0.648. The predicted octanol–water partition coefficient (Wildman–Crippen LogP) is 2.36. The largest absolute Gasteiger partial charge is 0.486 e. The Morgan fingerprint density at radius 3 is 2.60 bits per heavy atom. The van der Waals surface area contributed by atoms with Crippen LogP contribution >= 0.6 is 0 Å². The summed E-state index contributed by atoms with van der Waals surface area (Å²) in [5.41, 5.74) is 3.25. The second kappa shape index (κ2) is 8.36. The third-order valence-electron chi connectivity index (χ3n) is 4.74. The van der Waals surface area contributed by atoms with Crippen LogP contribution in [-0.2, 0) is 9.53 Å². The number of aryl methyl sites for hydroxylation is 2. The number of carbonyl (C=O) groups excluding carboxylic acids is 2. The van der Waals surface area contributed by atoms with Crippen LogP contribution in [0.3, 0.4) is 0 Å². The van der Waals surface area contributed by atoms with Crippen LogP contribution in [0, 0.1) is 13.8 Å². The van der Waals surface area contributed by atoms with Gasteiger partial charge in [-0.2, -0.15) is 0 Å². The first-order valence-corrected chi connectivity index (χ1v) is 9.57. The summed E-state index contributed by atoms with van der Waals surface area (Å²) in [4.78, 5) is 33.2. The van der Waals surface area contributed by atoms with E-state index in [1.54, 1.807) is 18.2 Å². The predicted molar refractivity (Wildman–Crippen MR) is 109 cm³/mol. The molecule has 30 heavy (non-hydrogen) atoms. The summed E-state index contributed by atoms with van der Waals surface area (Å²) >= 11 is 0. The number of esters is 1. The molecule has 2 aromatic carbocycles. The molecule has 0 fully saturated rings. The highest BCUT2D eigenvalue weighted by Crippen LogP contribution is 2.30. The van der Waals surface area contributed by atoms with E-state index in [1.807, 2.05) is 38.1 Å². The molecule has 1 aromatic heterocycles. The Bertz CT molecular complexity index is 1120. The molecule has 154 valence electrons. The van der Waals surface area contributed by atoms with Crippen molar-refractivity contribution in [1.82, 2.24) is 15.3 Å². The molecule has 4 rings (SSSR count). The van der Waals surface area contributed by atoms with E-state index in [2.05, 4.69) is 15.3 Å². The van der Waals surface area contributed by atoms with Gasteiger partial charge in [-0.15, -0.1) is 0 Å². The van der Waals surface area contributed by atoms with Gasteiger partial charge in [0, 0.05) is 0 Å². The molecule has 1 amide bonds. The Balaban J connectivity index is 1.28. The van der Waals surface area contributed by atoms with Gasteiger partial charge < -0.3 is 19.5 Å². The number of benzene rings is 2. The summed E-state index contributed by atoms with van der Waals surface area (Å²) in [6.07, 6.45) is -0.315. The summed E-state index contributed by atoms with van der Waals surface area (Å²) in [6.45, 7) is 3.92. The Morgan fingerprint density at radius 2 is 1.80 bits per heavy atom. The lowest BCUT2D eigenvalue weighted by molar-refractivity contribution is -0.124. The van der Waals surface area contributed by atoms with Gasteiger partial charge in [0.15, 0.2) is 18.1 Å². The highest BCUT2D eigenvalue weighted by Gasteiger charge is 2.21. The fourth-order valence-corrected chi connectivity index (χ4v) is 3.01. The molecule has 1 atom stereocenters. The number of carbonyl (C=O) groups is 2. The van der Waals surface area contributed by atoms with Gasteiger partial charge in [0.1, 0.15) is 12.7 Å². The lowest BCUT2D eigenvalue weighted by atomic mass is 10.2. The van der Waals surface area contributed by atoms with Crippen molar-refractivity contribution in [3.05, 3.63) is 59.4 Å². The van der Waals surface area contributed by atoms with Gasteiger partial charge >= 0.3 is 5.97 Å². The summed E-state index contributed by atoms with van der Waals surface area (Å²) in [5.74, 6) is 0.301. The number of nitrogens with one attached hydrogen (secondary N) is 1. The van der Waals surface area contributed by atoms with Crippen molar-refractivity contribution in [2.24, 2.45) is 0 Å². The molecule has 2 heterocycles. The van der Waals surface area contributed by atoms with Crippen LogP contribution in [0.5, 0.6) is 11.5 Å². The minimum Gasteiger partial charge on any atom is -0.486 e. The van der Waals surface area contributed by atoms with E-state index in [9.17, 15) is 9.59 Å². The van der Waals surface area contributed by atoms with Crippen molar-refractivity contribution in [2.45, 2.75) is 20.0 Å². The molecule has 0 aliphatic carbocycles. The number of fused-ring (bicyclic) bond motifs is 2. The minimum absolute atomic E-state index is 0.245. The van der Waals surface area contributed by atoms with Gasteiger partial charge in [-0.1, -0.05) is 12.1 Å². The van der Waals surface area contributed by atoms with Crippen LogP contribution in [-0.4, -0.2) is 47.7 Å². The van der Waals surface area contributed by atoms with Crippen molar-refractivity contribution in [3.8, 4) is 11.5 Å². The molecule has 0 saturated heterocycles. The molecule has 0 saturated carbocycles. The van der Waals surface area contributed by atoms with Gasteiger partial charge in [0.2, 0.25) is 0 Å². The van der Waals surface area contributed by atoms with Gasteiger partial charge in [-0.05, 0) is 44.2 Å². The van der Waals surface area contributed by atoms with Crippen LogP contribution in [0.1, 0.15) is 21.7 Å².